The Morgan fingerprint density at radius 2 is 2.18 bits per heavy atom. The molecule has 0 aliphatic rings. The SMILES string of the molecule is C=CC(C)OCC(O)COC. The molecule has 2 atom stereocenters. The highest BCUT2D eigenvalue weighted by molar-refractivity contribution is 4.75. The molecule has 0 spiro atoms. The Morgan fingerprint density at radius 1 is 1.55 bits per heavy atom. The van der Waals surface area contributed by atoms with E-state index in [-0.39, 0.29) is 6.10 Å². The van der Waals surface area contributed by atoms with E-state index in [0.717, 1.165) is 0 Å². The van der Waals surface area contributed by atoms with Crippen LogP contribution in [0.1, 0.15) is 6.92 Å². The van der Waals surface area contributed by atoms with Gasteiger partial charge in [0.15, 0.2) is 0 Å². The van der Waals surface area contributed by atoms with Gasteiger partial charge in [-0.3, -0.25) is 0 Å². The van der Waals surface area contributed by atoms with Gasteiger partial charge in [0.1, 0.15) is 6.10 Å². The van der Waals surface area contributed by atoms with E-state index in [9.17, 15) is 0 Å². The fraction of sp³-hybridized carbons (Fsp3) is 0.750. The number of methoxy groups -OCH3 is 1. The number of ether oxygens (including phenoxy) is 2. The Kier molecular flexibility index (Phi) is 6.12. The van der Waals surface area contributed by atoms with Gasteiger partial charge in [0.25, 0.3) is 0 Å². The van der Waals surface area contributed by atoms with Crippen LogP contribution >= 0.6 is 0 Å². The number of hydrogen-bond donors (Lipinski definition) is 1. The van der Waals surface area contributed by atoms with E-state index in [0.29, 0.717) is 13.2 Å². The molecule has 3 heteroatoms. The largest absolute Gasteiger partial charge is 0.388 e. The zero-order valence-electron chi connectivity index (χ0n) is 7.12. The molecule has 0 aliphatic heterocycles. The molecule has 0 heterocycles. The van der Waals surface area contributed by atoms with Gasteiger partial charge >= 0.3 is 0 Å². The molecule has 0 saturated carbocycles. The lowest BCUT2D eigenvalue weighted by Crippen LogP contribution is -2.23. The maximum Gasteiger partial charge on any atom is 0.101 e. The van der Waals surface area contributed by atoms with Crippen molar-refractivity contribution in [3.8, 4) is 0 Å². The molecule has 0 saturated heterocycles. The first-order valence-corrected chi connectivity index (χ1v) is 3.61. The van der Waals surface area contributed by atoms with Crippen molar-refractivity contribution in [1.29, 1.82) is 0 Å². The molecule has 0 aromatic rings. The van der Waals surface area contributed by atoms with Gasteiger partial charge in [-0.05, 0) is 6.92 Å². The summed E-state index contributed by atoms with van der Waals surface area (Å²) in [4.78, 5) is 0. The van der Waals surface area contributed by atoms with Crippen molar-refractivity contribution in [1.82, 2.24) is 0 Å². The Hall–Kier alpha value is -0.380. The molecule has 0 radical (unpaired) electrons. The van der Waals surface area contributed by atoms with Gasteiger partial charge in [0.05, 0.1) is 19.3 Å². The normalized spacial score (nSPS) is 15.9. The van der Waals surface area contributed by atoms with E-state index in [1.165, 1.54) is 0 Å². The number of rotatable bonds is 6. The van der Waals surface area contributed by atoms with Gasteiger partial charge in [0.2, 0.25) is 0 Å². The highest BCUT2D eigenvalue weighted by Gasteiger charge is 2.04. The molecule has 2 unspecified atom stereocenters. The highest BCUT2D eigenvalue weighted by atomic mass is 16.5. The van der Waals surface area contributed by atoms with E-state index < -0.39 is 6.10 Å². The Bertz CT molecular complexity index is 104. The van der Waals surface area contributed by atoms with Crippen LogP contribution in [0.15, 0.2) is 12.7 Å². The third-order valence-corrected chi connectivity index (χ3v) is 1.24. The summed E-state index contributed by atoms with van der Waals surface area (Å²) in [7, 11) is 1.54. The van der Waals surface area contributed by atoms with E-state index in [1.54, 1.807) is 13.2 Å². The molecular weight excluding hydrogens is 144 g/mol. The number of aliphatic hydroxyl groups is 1. The zero-order valence-corrected chi connectivity index (χ0v) is 7.12. The van der Waals surface area contributed by atoms with Gasteiger partial charge < -0.3 is 14.6 Å². The molecule has 0 rings (SSSR count). The second kappa shape index (κ2) is 6.34. The van der Waals surface area contributed by atoms with E-state index in [1.807, 2.05) is 6.92 Å². The van der Waals surface area contributed by atoms with Crippen molar-refractivity contribution in [2.45, 2.75) is 19.1 Å². The minimum atomic E-state index is -0.539. The molecule has 0 bridgehead atoms. The standard InChI is InChI=1S/C8H16O3/c1-4-7(2)11-6-8(9)5-10-3/h4,7-9H,1,5-6H2,2-3H3. The zero-order chi connectivity index (χ0) is 8.69. The summed E-state index contributed by atoms with van der Waals surface area (Å²) < 4.78 is 9.87. The van der Waals surface area contributed by atoms with Crippen molar-refractivity contribution >= 4 is 0 Å². The molecule has 1 N–H and O–H groups in total. The van der Waals surface area contributed by atoms with Crippen molar-refractivity contribution in [2.24, 2.45) is 0 Å². The lowest BCUT2D eigenvalue weighted by molar-refractivity contribution is -0.0188. The quantitative estimate of drug-likeness (QED) is 0.578. The van der Waals surface area contributed by atoms with E-state index in [4.69, 9.17) is 14.6 Å². The molecule has 3 nitrogen and oxygen atoms in total. The predicted molar refractivity (Wildman–Crippen MR) is 43.5 cm³/mol. The Balaban J connectivity index is 3.29. The monoisotopic (exact) mass is 160 g/mol. The fourth-order valence-electron chi connectivity index (χ4n) is 0.571. The molecule has 0 aromatic heterocycles. The lowest BCUT2D eigenvalue weighted by Gasteiger charge is -2.12. The summed E-state index contributed by atoms with van der Waals surface area (Å²) in [6, 6.07) is 0. The minimum Gasteiger partial charge on any atom is -0.388 e. The first-order chi connectivity index (χ1) is 5.20. The van der Waals surface area contributed by atoms with Crippen molar-refractivity contribution in [2.75, 3.05) is 20.3 Å². The van der Waals surface area contributed by atoms with Crippen molar-refractivity contribution in [3.05, 3.63) is 12.7 Å². The van der Waals surface area contributed by atoms with Gasteiger partial charge in [-0.15, -0.1) is 6.58 Å². The van der Waals surface area contributed by atoms with Crippen LogP contribution in [0, 0.1) is 0 Å². The molecule has 0 aliphatic carbocycles. The first kappa shape index (κ1) is 10.6. The van der Waals surface area contributed by atoms with Crippen LogP contribution in [0.4, 0.5) is 0 Å². The summed E-state index contributed by atoms with van der Waals surface area (Å²) in [5, 5.41) is 9.11. The Labute approximate surface area is 67.6 Å². The van der Waals surface area contributed by atoms with Crippen LogP contribution in [0.5, 0.6) is 0 Å². The topological polar surface area (TPSA) is 38.7 Å². The second-order valence-corrected chi connectivity index (χ2v) is 2.38. The summed E-state index contributed by atoms with van der Waals surface area (Å²) in [6.45, 7) is 6.02. The molecule has 0 aromatic carbocycles. The molecule has 0 fully saturated rings. The van der Waals surface area contributed by atoms with Crippen LogP contribution in [-0.4, -0.2) is 37.6 Å². The average molecular weight is 160 g/mol. The maximum absolute atomic E-state index is 9.11. The molecule has 0 amide bonds. The molecule has 66 valence electrons. The van der Waals surface area contributed by atoms with E-state index in [2.05, 4.69) is 6.58 Å². The van der Waals surface area contributed by atoms with Crippen molar-refractivity contribution in [3.63, 3.8) is 0 Å². The third kappa shape index (κ3) is 6.04. The average Bonchev–Trinajstić information content (AvgIpc) is 2.01. The summed E-state index contributed by atoms with van der Waals surface area (Å²) in [5.41, 5.74) is 0. The van der Waals surface area contributed by atoms with Crippen LogP contribution in [0.3, 0.4) is 0 Å². The highest BCUT2D eigenvalue weighted by Crippen LogP contribution is 1.93. The summed E-state index contributed by atoms with van der Waals surface area (Å²) >= 11 is 0. The first-order valence-electron chi connectivity index (χ1n) is 3.61. The van der Waals surface area contributed by atoms with Crippen LogP contribution in [-0.2, 0) is 9.47 Å². The summed E-state index contributed by atoms with van der Waals surface area (Å²) in [5.74, 6) is 0. The minimum absolute atomic E-state index is 0.0125. The maximum atomic E-state index is 9.11. The van der Waals surface area contributed by atoms with Gasteiger partial charge in [-0.1, -0.05) is 6.08 Å². The molecule has 11 heavy (non-hydrogen) atoms. The van der Waals surface area contributed by atoms with Crippen LogP contribution < -0.4 is 0 Å². The number of aliphatic hydroxyl groups excluding tert-OH is 1. The van der Waals surface area contributed by atoms with Gasteiger partial charge in [-0.25, -0.2) is 0 Å². The third-order valence-electron chi connectivity index (χ3n) is 1.24. The molecular formula is C8H16O3. The second-order valence-electron chi connectivity index (χ2n) is 2.38. The summed E-state index contributed by atoms with van der Waals surface area (Å²) in [6.07, 6.45) is 1.13. The smallest absolute Gasteiger partial charge is 0.101 e. The van der Waals surface area contributed by atoms with Crippen LogP contribution in [0.2, 0.25) is 0 Å². The van der Waals surface area contributed by atoms with Crippen molar-refractivity contribution < 1.29 is 14.6 Å². The number of hydrogen-bond acceptors (Lipinski definition) is 3. The fourth-order valence-corrected chi connectivity index (χ4v) is 0.571. The van der Waals surface area contributed by atoms with Crippen LogP contribution in [0.25, 0.3) is 0 Å². The van der Waals surface area contributed by atoms with E-state index >= 15 is 0 Å². The predicted octanol–water partition coefficient (Wildman–Crippen LogP) is 0.585. The lowest BCUT2D eigenvalue weighted by atomic mass is 10.4. The van der Waals surface area contributed by atoms with Gasteiger partial charge in [0, 0.05) is 7.11 Å². The van der Waals surface area contributed by atoms with Gasteiger partial charge in [-0.2, -0.15) is 0 Å². The Morgan fingerprint density at radius 3 is 2.64 bits per heavy atom.